The molecule has 0 heterocycles. The predicted molar refractivity (Wildman–Crippen MR) is 75.9 cm³/mol. The molecular formula is C16H18FNO. The van der Waals surface area contributed by atoms with E-state index in [0.717, 1.165) is 11.4 Å². The van der Waals surface area contributed by atoms with Crippen LogP contribution in [-0.2, 0) is 6.61 Å². The SMILES string of the molecule is CC(C)Nc1ccc(OCc2ccccc2F)cc1. The lowest BCUT2D eigenvalue weighted by molar-refractivity contribution is 0.300. The van der Waals surface area contributed by atoms with Crippen LogP contribution < -0.4 is 10.1 Å². The Bertz CT molecular complexity index is 523. The van der Waals surface area contributed by atoms with Crippen LogP contribution in [0.2, 0.25) is 0 Å². The molecule has 2 aromatic carbocycles. The van der Waals surface area contributed by atoms with Crippen LogP contribution >= 0.6 is 0 Å². The molecule has 19 heavy (non-hydrogen) atoms. The number of benzene rings is 2. The maximum atomic E-state index is 13.4. The highest BCUT2D eigenvalue weighted by atomic mass is 19.1. The van der Waals surface area contributed by atoms with Crippen molar-refractivity contribution in [2.45, 2.75) is 26.5 Å². The van der Waals surface area contributed by atoms with E-state index < -0.39 is 0 Å². The number of hydrogen-bond acceptors (Lipinski definition) is 2. The van der Waals surface area contributed by atoms with Gasteiger partial charge in [-0.25, -0.2) is 4.39 Å². The van der Waals surface area contributed by atoms with Gasteiger partial charge in [0.1, 0.15) is 18.2 Å². The molecule has 2 nitrogen and oxygen atoms in total. The van der Waals surface area contributed by atoms with Crippen molar-refractivity contribution in [3.8, 4) is 5.75 Å². The minimum Gasteiger partial charge on any atom is -0.489 e. The van der Waals surface area contributed by atoms with Gasteiger partial charge in [0, 0.05) is 17.3 Å². The van der Waals surface area contributed by atoms with Gasteiger partial charge in [-0.1, -0.05) is 18.2 Å². The molecule has 0 atom stereocenters. The Morgan fingerprint density at radius 2 is 1.74 bits per heavy atom. The minimum atomic E-state index is -0.236. The van der Waals surface area contributed by atoms with E-state index in [-0.39, 0.29) is 12.4 Å². The third-order valence-electron chi connectivity index (χ3n) is 2.66. The first-order valence-corrected chi connectivity index (χ1v) is 6.38. The molecule has 0 aliphatic heterocycles. The zero-order valence-corrected chi connectivity index (χ0v) is 11.2. The van der Waals surface area contributed by atoms with E-state index in [4.69, 9.17) is 4.74 Å². The van der Waals surface area contributed by atoms with Gasteiger partial charge in [-0.2, -0.15) is 0 Å². The van der Waals surface area contributed by atoms with Crippen molar-refractivity contribution in [1.29, 1.82) is 0 Å². The van der Waals surface area contributed by atoms with Crippen LogP contribution in [0.3, 0.4) is 0 Å². The van der Waals surface area contributed by atoms with E-state index >= 15 is 0 Å². The molecule has 1 N–H and O–H groups in total. The molecule has 2 rings (SSSR count). The van der Waals surface area contributed by atoms with Gasteiger partial charge in [0.2, 0.25) is 0 Å². The Hall–Kier alpha value is -2.03. The number of nitrogens with one attached hydrogen (secondary N) is 1. The maximum absolute atomic E-state index is 13.4. The Kier molecular flexibility index (Phi) is 4.39. The molecule has 100 valence electrons. The van der Waals surface area contributed by atoms with Gasteiger partial charge in [-0.3, -0.25) is 0 Å². The summed E-state index contributed by atoms with van der Waals surface area (Å²) in [4.78, 5) is 0. The predicted octanol–water partition coefficient (Wildman–Crippen LogP) is 4.23. The van der Waals surface area contributed by atoms with Crippen LogP contribution in [0.4, 0.5) is 10.1 Å². The fourth-order valence-electron chi connectivity index (χ4n) is 1.76. The van der Waals surface area contributed by atoms with Gasteiger partial charge < -0.3 is 10.1 Å². The first-order chi connectivity index (χ1) is 9.15. The Morgan fingerprint density at radius 3 is 2.37 bits per heavy atom. The molecule has 3 heteroatoms. The normalized spacial score (nSPS) is 10.5. The number of ether oxygens (including phenoxy) is 1. The lowest BCUT2D eigenvalue weighted by Crippen LogP contribution is -2.09. The van der Waals surface area contributed by atoms with Crippen LogP contribution in [0, 0.1) is 5.82 Å². The van der Waals surface area contributed by atoms with E-state index in [1.807, 2.05) is 24.3 Å². The summed E-state index contributed by atoms with van der Waals surface area (Å²) in [7, 11) is 0. The van der Waals surface area contributed by atoms with Crippen molar-refractivity contribution >= 4 is 5.69 Å². The van der Waals surface area contributed by atoms with Crippen molar-refractivity contribution in [3.05, 3.63) is 59.9 Å². The Labute approximate surface area is 113 Å². The smallest absolute Gasteiger partial charge is 0.129 e. The lowest BCUT2D eigenvalue weighted by atomic mass is 10.2. The molecule has 0 aliphatic rings. The van der Waals surface area contributed by atoms with E-state index in [2.05, 4.69) is 19.2 Å². The van der Waals surface area contributed by atoms with Crippen LogP contribution in [0.25, 0.3) is 0 Å². The maximum Gasteiger partial charge on any atom is 0.129 e. The zero-order chi connectivity index (χ0) is 13.7. The molecule has 0 bridgehead atoms. The van der Waals surface area contributed by atoms with Gasteiger partial charge in [0.15, 0.2) is 0 Å². The summed E-state index contributed by atoms with van der Waals surface area (Å²) in [5.74, 6) is 0.498. The number of hydrogen-bond donors (Lipinski definition) is 1. The summed E-state index contributed by atoms with van der Waals surface area (Å²) in [6.07, 6.45) is 0. The van der Waals surface area contributed by atoms with Crippen LogP contribution in [0.5, 0.6) is 5.75 Å². The largest absolute Gasteiger partial charge is 0.489 e. The third kappa shape index (κ3) is 3.98. The van der Waals surface area contributed by atoms with E-state index in [0.29, 0.717) is 11.6 Å². The average Bonchev–Trinajstić information content (AvgIpc) is 2.39. The topological polar surface area (TPSA) is 21.3 Å². The number of halogens is 1. The molecule has 2 aromatic rings. The summed E-state index contributed by atoms with van der Waals surface area (Å²) in [6.45, 7) is 4.41. The van der Waals surface area contributed by atoms with Gasteiger partial charge in [0.25, 0.3) is 0 Å². The van der Waals surface area contributed by atoms with Crippen molar-refractivity contribution < 1.29 is 9.13 Å². The molecule has 0 amide bonds. The molecule has 0 unspecified atom stereocenters. The molecule has 0 aromatic heterocycles. The van der Waals surface area contributed by atoms with E-state index in [1.54, 1.807) is 18.2 Å². The molecule has 0 radical (unpaired) electrons. The Morgan fingerprint density at radius 1 is 1.05 bits per heavy atom. The van der Waals surface area contributed by atoms with E-state index in [9.17, 15) is 4.39 Å². The molecular weight excluding hydrogens is 241 g/mol. The molecule has 0 fully saturated rings. The third-order valence-corrected chi connectivity index (χ3v) is 2.66. The standard InChI is InChI=1S/C16H18FNO/c1-12(2)18-14-7-9-15(10-8-14)19-11-13-5-3-4-6-16(13)17/h3-10,12,18H,11H2,1-2H3. The second-order valence-electron chi connectivity index (χ2n) is 4.70. The second-order valence-corrected chi connectivity index (χ2v) is 4.70. The Balaban J connectivity index is 1.95. The average molecular weight is 259 g/mol. The fraction of sp³-hybridized carbons (Fsp3) is 0.250. The van der Waals surface area contributed by atoms with Crippen molar-refractivity contribution in [2.24, 2.45) is 0 Å². The quantitative estimate of drug-likeness (QED) is 0.867. The second kappa shape index (κ2) is 6.23. The van der Waals surface area contributed by atoms with Crippen LogP contribution in [0.1, 0.15) is 19.4 Å². The number of rotatable bonds is 5. The van der Waals surface area contributed by atoms with Gasteiger partial charge in [0.05, 0.1) is 0 Å². The van der Waals surface area contributed by atoms with Gasteiger partial charge >= 0.3 is 0 Å². The lowest BCUT2D eigenvalue weighted by Gasteiger charge is -2.11. The van der Waals surface area contributed by atoms with Crippen molar-refractivity contribution in [2.75, 3.05) is 5.32 Å². The number of anilines is 1. The summed E-state index contributed by atoms with van der Waals surface area (Å²) < 4.78 is 19.0. The summed E-state index contributed by atoms with van der Waals surface area (Å²) in [5.41, 5.74) is 1.61. The van der Waals surface area contributed by atoms with Crippen LogP contribution in [-0.4, -0.2) is 6.04 Å². The highest BCUT2D eigenvalue weighted by Gasteiger charge is 2.02. The summed E-state index contributed by atoms with van der Waals surface area (Å²) >= 11 is 0. The first kappa shape index (κ1) is 13.4. The summed E-state index contributed by atoms with van der Waals surface area (Å²) in [5, 5.41) is 3.30. The highest BCUT2D eigenvalue weighted by Crippen LogP contribution is 2.18. The van der Waals surface area contributed by atoms with Gasteiger partial charge in [-0.15, -0.1) is 0 Å². The molecule has 0 saturated carbocycles. The monoisotopic (exact) mass is 259 g/mol. The highest BCUT2D eigenvalue weighted by molar-refractivity contribution is 5.46. The minimum absolute atomic E-state index is 0.236. The van der Waals surface area contributed by atoms with Gasteiger partial charge in [-0.05, 0) is 44.2 Å². The molecule has 0 aliphatic carbocycles. The van der Waals surface area contributed by atoms with Crippen LogP contribution in [0.15, 0.2) is 48.5 Å². The summed E-state index contributed by atoms with van der Waals surface area (Å²) in [6, 6.07) is 14.7. The van der Waals surface area contributed by atoms with Crippen molar-refractivity contribution in [1.82, 2.24) is 0 Å². The molecule has 0 saturated heterocycles. The molecule has 0 spiro atoms. The van der Waals surface area contributed by atoms with E-state index in [1.165, 1.54) is 6.07 Å². The first-order valence-electron chi connectivity index (χ1n) is 6.38. The zero-order valence-electron chi connectivity index (χ0n) is 11.2. The van der Waals surface area contributed by atoms with Crippen molar-refractivity contribution in [3.63, 3.8) is 0 Å². The fourth-order valence-corrected chi connectivity index (χ4v) is 1.76.